The van der Waals surface area contributed by atoms with Crippen molar-refractivity contribution in [2.75, 3.05) is 67.8 Å². The van der Waals surface area contributed by atoms with Gasteiger partial charge in [0.05, 0.1) is 30.2 Å². The van der Waals surface area contributed by atoms with Gasteiger partial charge in [0, 0.05) is 45.0 Å². The van der Waals surface area contributed by atoms with E-state index in [1.807, 2.05) is 18.2 Å². The van der Waals surface area contributed by atoms with Crippen LogP contribution in [0.4, 0.5) is 38.9 Å². The Morgan fingerprint density at radius 1 is 1.09 bits per heavy atom. The molecule has 0 bridgehead atoms. The normalized spacial score (nSPS) is 15.8. The highest BCUT2D eigenvalue weighted by molar-refractivity contribution is 6.11. The molecular weight excluding hydrogens is 437 g/mol. The lowest BCUT2D eigenvalue weighted by Gasteiger charge is -2.34. The fraction of sp³-hybridized carbons (Fsp3) is 0.292. The zero-order chi connectivity index (χ0) is 23.8. The van der Waals surface area contributed by atoms with Crippen molar-refractivity contribution in [2.24, 2.45) is 0 Å². The number of anilines is 6. The van der Waals surface area contributed by atoms with Crippen LogP contribution in [0.2, 0.25) is 0 Å². The van der Waals surface area contributed by atoms with Crippen molar-refractivity contribution in [3.05, 3.63) is 54.0 Å². The first kappa shape index (κ1) is 21.9. The molecule has 1 aromatic heterocycles. The minimum Gasteiger partial charge on any atom is -0.494 e. The van der Waals surface area contributed by atoms with Gasteiger partial charge in [-0.05, 0) is 37.4 Å². The number of methoxy groups -OCH3 is 1. The predicted octanol–water partition coefficient (Wildman–Crippen LogP) is 3.45. The Morgan fingerprint density at radius 3 is 2.65 bits per heavy atom. The Balaban J connectivity index is 1.43. The molecule has 1 amide bonds. The fourth-order valence-electron chi connectivity index (χ4n) is 4.22. The fourth-order valence-corrected chi connectivity index (χ4v) is 4.22. The number of rotatable bonds is 4. The molecule has 10 heteroatoms. The molecule has 34 heavy (non-hydrogen) atoms. The van der Waals surface area contributed by atoms with Crippen LogP contribution in [0, 0.1) is 5.82 Å². The summed E-state index contributed by atoms with van der Waals surface area (Å²) in [5.41, 5.74) is 3.03. The van der Waals surface area contributed by atoms with E-state index in [-0.39, 0.29) is 5.91 Å². The molecule has 0 unspecified atom stereocenters. The van der Waals surface area contributed by atoms with Gasteiger partial charge in [-0.3, -0.25) is 4.79 Å². The molecule has 3 heterocycles. The summed E-state index contributed by atoms with van der Waals surface area (Å²) >= 11 is 0. The number of nitrogens with one attached hydrogen (secondary N) is 2. The van der Waals surface area contributed by atoms with Crippen LogP contribution in [0.25, 0.3) is 0 Å². The van der Waals surface area contributed by atoms with Crippen LogP contribution < -0.4 is 25.2 Å². The number of carbonyl (C=O) groups excluding carboxylic acids is 1. The van der Waals surface area contributed by atoms with Gasteiger partial charge in [-0.15, -0.1) is 0 Å². The number of amides is 1. The van der Waals surface area contributed by atoms with E-state index >= 15 is 0 Å². The Bertz CT molecular complexity index is 1240. The van der Waals surface area contributed by atoms with E-state index in [9.17, 15) is 9.18 Å². The van der Waals surface area contributed by atoms with Crippen molar-refractivity contribution in [3.8, 4) is 5.75 Å². The quantitative estimate of drug-likeness (QED) is 0.609. The maximum absolute atomic E-state index is 13.9. The Morgan fingerprint density at radius 2 is 1.88 bits per heavy atom. The van der Waals surface area contributed by atoms with E-state index in [4.69, 9.17) is 4.74 Å². The minimum atomic E-state index is -0.431. The average Bonchev–Trinajstić information content (AvgIpc) is 2.94. The average molecular weight is 464 g/mol. The number of aromatic nitrogens is 2. The van der Waals surface area contributed by atoms with Crippen molar-refractivity contribution in [3.63, 3.8) is 0 Å². The zero-order valence-corrected chi connectivity index (χ0v) is 19.3. The summed E-state index contributed by atoms with van der Waals surface area (Å²) in [6.45, 7) is 3.95. The molecule has 0 radical (unpaired) electrons. The van der Waals surface area contributed by atoms with Gasteiger partial charge in [0.2, 0.25) is 5.95 Å². The van der Waals surface area contributed by atoms with E-state index < -0.39 is 5.82 Å². The SMILES string of the molecule is COc1cc(N2CCN(C)CC2)ccc1Nc1ncc2c(n1)N(C)c1cc(F)ccc1C(=O)N2. The second kappa shape index (κ2) is 8.79. The van der Waals surface area contributed by atoms with Gasteiger partial charge in [0.1, 0.15) is 17.3 Å². The molecule has 0 aliphatic carbocycles. The molecule has 2 aromatic carbocycles. The van der Waals surface area contributed by atoms with Crippen molar-refractivity contribution in [2.45, 2.75) is 0 Å². The largest absolute Gasteiger partial charge is 0.494 e. The van der Waals surface area contributed by atoms with E-state index in [2.05, 4.69) is 37.4 Å². The highest BCUT2D eigenvalue weighted by Gasteiger charge is 2.25. The first-order chi connectivity index (χ1) is 16.4. The molecule has 1 saturated heterocycles. The van der Waals surface area contributed by atoms with Gasteiger partial charge in [-0.25, -0.2) is 9.37 Å². The Labute approximate surface area is 197 Å². The van der Waals surface area contributed by atoms with Crippen LogP contribution in [0.1, 0.15) is 10.4 Å². The van der Waals surface area contributed by atoms with Crippen molar-refractivity contribution in [1.82, 2.24) is 14.9 Å². The number of nitrogens with zero attached hydrogens (tertiary/aromatic N) is 5. The van der Waals surface area contributed by atoms with Crippen LogP contribution in [0.5, 0.6) is 5.75 Å². The van der Waals surface area contributed by atoms with E-state index in [0.29, 0.717) is 40.1 Å². The standard InChI is InChI=1S/C24H26FN7O2/c1-30-8-10-32(11-9-30)16-5-7-18(21(13-16)34-3)28-24-26-14-19-22(29-24)31(2)20-12-15(25)4-6-17(20)23(33)27-19/h4-7,12-14H,8-11H2,1-3H3,(H,27,33)(H,26,28,29). The van der Waals surface area contributed by atoms with Crippen LogP contribution >= 0.6 is 0 Å². The summed E-state index contributed by atoms with van der Waals surface area (Å²) in [7, 11) is 5.49. The Kier molecular flexibility index (Phi) is 5.66. The first-order valence-electron chi connectivity index (χ1n) is 11.0. The molecule has 0 saturated carbocycles. The molecule has 2 aliphatic rings. The number of halogens is 1. The lowest BCUT2D eigenvalue weighted by Crippen LogP contribution is -2.44. The van der Waals surface area contributed by atoms with E-state index in [1.54, 1.807) is 19.1 Å². The van der Waals surface area contributed by atoms with E-state index in [0.717, 1.165) is 31.9 Å². The van der Waals surface area contributed by atoms with Crippen LogP contribution in [-0.4, -0.2) is 68.2 Å². The lowest BCUT2D eigenvalue weighted by molar-refractivity contribution is 0.102. The zero-order valence-electron chi connectivity index (χ0n) is 19.3. The van der Waals surface area contributed by atoms with Gasteiger partial charge in [0.15, 0.2) is 5.82 Å². The van der Waals surface area contributed by atoms with Crippen molar-refractivity contribution >= 4 is 40.4 Å². The smallest absolute Gasteiger partial charge is 0.257 e. The summed E-state index contributed by atoms with van der Waals surface area (Å²) in [5, 5.41) is 6.01. The molecule has 0 spiro atoms. The maximum atomic E-state index is 13.9. The number of likely N-dealkylation sites (N-methyl/N-ethyl adjacent to an activating group) is 1. The molecule has 2 N–H and O–H groups in total. The third kappa shape index (κ3) is 4.08. The summed E-state index contributed by atoms with van der Waals surface area (Å²) in [6, 6.07) is 10.0. The minimum absolute atomic E-state index is 0.324. The molecule has 9 nitrogen and oxygen atoms in total. The molecule has 0 atom stereocenters. The third-order valence-corrected chi connectivity index (χ3v) is 6.20. The Hall–Kier alpha value is -3.92. The molecule has 176 valence electrons. The number of hydrogen-bond acceptors (Lipinski definition) is 8. The summed E-state index contributed by atoms with van der Waals surface area (Å²) in [4.78, 5) is 27.9. The van der Waals surface area contributed by atoms with Crippen molar-refractivity contribution < 1.29 is 13.9 Å². The van der Waals surface area contributed by atoms with Crippen LogP contribution in [-0.2, 0) is 0 Å². The second-order valence-corrected chi connectivity index (χ2v) is 8.41. The molecule has 1 fully saturated rings. The topological polar surface area (TPSA) is 85.9 Å². The predicted molar refractivity (Wildman–Crippen MR) is 130 cm³/mol. The number of ether oxygens (including phenoxy) is 1. The number of piperazine rings is 1. The second-order valence-electron chi connectivity index (χ2n) is 8.41. The highest BCUT2D eigenvalue weighted by atomic mass is 19.1. The molecule has 3 aromatic rings. The summed E-state index contributed by atoms with van der Waals surface area (Å²) in [6.07, 6.45) is 1.53. The molecule has 2 aliphatic heterocycles. The highest BCUT2D eigenvalue weighted by Crippen LogP contribution is 2.37. The number of benzene rings is 2. The number of fused-ring (bicyclic) bond motifs is 2. The first-order valence-corrected chi connectivity index (χ1v) is 11.0. The van der Waals surface area contributed by atoms with Gasteiger partial charge in [-0.2, -0.15) is 4.98 Å². The summed E-state index contributed by atoms with van der Waals surface area (Å²) in [5.74, 6) is 0.670. The molecule has 5 rings (SSSR count). The van der Waals surface area contributed by atoms with Gasteiger partial charge >= 0.3 is 0 Å². The third-order valence-electron chi connectivity index (χ3n) is 6.20. The summed E-state index contributed by atoms with van der Waals surface area (Å²) < 4.78 is 19.6. The maximum Gasteiger partial charge on any atom is 0.257 e. The number of hydrogen-bond donors (Lipinski definition) is 2. The van der Waals surface area contributed by atoms with E-state index in [1.165, 1.54) is 24.4 Å². The van der Waals surface area contributed by atoms with Crippen LogP contribution in [0.15, 0.2) is 42.6 Å². The monoisotopic (exact) mass is 463 g/mol. The lowest BCUT2D eigenvalue weighted by atomic mass is 10.1. The van der Waals surface area contributed by atoms with Crippen LogP contribution in [0.3, 0.4) is 0 Å². The van der Waals surface area contributed by atoms with Gasteiger partial charge < -0.3 is 30.1 Å². The number of carbonyl (C=O) groups is 1. The van der Waals surface area contributed by atoms with Gasteiger partial charge in [-0.1, -0.05) is 0 Å². The van der Waals surface area contributed by atoms with Crippen molar-refractivity contribution in [1.29, 1.82) is 0 Å². The van der Waals surface area contributed by atoms with Gasteiger partial charge in [0.25, 0.3) is 5.91 Å². The molecular formula is C24H26FN7O2.